The fourth-order valence-corrected chi connectivity index (χ4v) is 3.16. The summed E-state index contributed by atoms with van der Waals surface area (Å²) in [6.45, 7) is 0. The van der Waals surface area contributed by atoms with E-state index in [0.29, 0.717) is 15.2 Å². The van der Waals surface area contributed by atoms with Crippen LogP contribution in [0.25, 0.3) is 0 Å². The van der Waals surface area contributed by atoms with Crippen molar-refractivity contribution in [2.24, 2.45) is 12.0 Å². The number of hydrogen-bond donors (Lipinski definition) is 0. The highest BCUT2D eigenvalue weighted by molar-refractivity contribution is 7.90. The van der Waals surface area contributed by atoms with Gasteiger partial charge in [0.25, 0.3) is 10.0 Å². The van der Waals surface area contributed by atoms with Gasteiger partial charge in [-0.25, -0.2) is 17.6 Å². The molecule has 1 heterocycles. The molecule has 0 spiro atoms. The van der Waals surface area contributed by atoms with Gasteiger partial charge in [0.15, 0.2) is 11.3 Å². The number of benzene rings is 1. The molecule has 2 aromatic rings. The molecular weight excluding hydrogens is 321 g/mol. The van der Waals surface area contributed by atoms with Crippen molar-refractivity contribution < 1.29 is 12.8 Å². The Balaban J connectivity index is 2.78. The molecule has 0 radical (unpaired) electrons. The molecule has 0 fully saturated rings. The van der Waals surface area contributed by atoms with Gasteiger partial charge in [0, 0.05) is 19.1 Å². The second-order valence-electron chi connectivity index (χ2n) is 4.12. The first-order valence-electron chi connectivity index (χ1n) is 5.71. The van der Waals surface area contributed by atoms with Gasteiger partial charge in [-0.15, -0.1) is 0 Å². The minimum Gasteiger partial charge on any atom is -0.278 e. The first-order chi connectivity index (χ1) is 9.78. The lowest BCUT2D eigenvalue weighted by molar-refractivity contribution is 0.537. The van der Waals surface area contributed by atoms with Crippen molar-refractivity contribution in [3.8, 4) is 0 Å². The summed E-state index contributed by atoms with van der Waals surface area (Å²) in [7, 11) is -1.67. The average Bonchev–Trinajstić information content (AvgIpc) is 2.43. The van der Waals surface area contributed by atoms with E-state index >= 15 is 0 Å². The highest BCUT2D eigenvalue weighted by atomic mass is 35.5. The second-order valence-corrected chi connectivity index (χ2v) is 6.37. The van der Waals surface area contributed by atoms with E-state index in [2.05, 4.69) is 4.99 Å². The van der Waals surface area contributed by atoms with Crippen LogP contribution in [0.3, 0.4) is 0 Å². The van der Waals surface area contributed by atoms with Crippen LogP contribution in [-0.4, -0.2) is 24.0 Å². The van der Waals surface area contributed by atoms with Gasteiger partial charge in [-0.2, -0.15) is 3.97 Å². The summed E-state index contributed by atoms with van der Waals surface area (Å²) in [4.78, 5) is 15.5. The van der Waals surface area contributed by atoms with E-state index in [9.17, 15) is 17.6 Å². The highest BCUT2D eigenvalue weighted by Gasteiger charge is 2.21. The summed E-state index contributed by atoms with van der Waals surface area (Å²) in [5.74, 6) is -0.919. The van der Waals surface area contributed by atoms with Crippen molar-refractivity contribution >= 4 is 21.6 Å². The molecule has 1 aromatic carbocycles. The zero-order chi connectivity index (χ0) is 15.8. The lowest BCUT2D eigenvalue weighted by Gasteiger charge is -2.10. The van der Waals surface area contributed by atoms with Crippen LogP contribution in [0.4, 0.5) is 4.39 Å². The third-order valence-corrected chi connectivity index (χ3v) is 4.72. The monoisotopic (exact) mass is 331 g/mol. The van der Waals surface area contributed by atoms with Crippen molar-refractivity contribution in [1.29, 1.82) is 0 Å². The van der Waals surface area contributed by atoms with Gasteiger partial charge >= 0.3 is 5.69 Å². The zero-order valence-electron chi connectivity index (χ0n) is 11.1. The number of halogens is 2. The van der Waals surface area contributed by atoms with Crippen molar-refractivity contribution in [3.05, 3.63) is 57.3 Å². The van der Waals surface area contributed by atoms with Crippen molar-refractivity contribution in [2.45, 2.75) is 4.90 Å². The number of nitrogens with zero attached hydrogens (tertiary/aromatic N) is 3. The Hall–Kier alpha value is -1.93. The summed E-state index contributed by atoms with van der Waals surface area (Å²) < 4.78 is 39.8. The first kappa shape index (κ1) is 15.5. The van der Waals surface area contributed by atoms with Gasteiger partial charge in [0.05, 0.1) is 11.1 Å². The third kappa shape index (κ3) is 2.64. The van der Waals surface area contributed by atoms with Crippen molar-refractivity contribution in [1.82, 2.24) is 8.54 Å². The van der Waals surface area contributed by atoms with E-state index in [-0.39, 0.29) is 10.4 Å². The van der Waals surface area contributed by atoms with Gasteiger partial charge in [-0.3, -0.25) is 9.56 Å². The first-order valence-corrected chi connectivity index (χ1v) is 7.53. The summed E-state index contributed by atoms with van der Waals surface area (Å²) in [6, 6.07) is 5.21. The summed E-state index contributed by atoms with van der Waals surface area (Å²) >= 11 is 5.69. The molecule has 112 valence electrons. The van der Waals surface area contributed by atoms with E-state index in [1.807, 2.05) is 0 Å². The quantitative estimate of drug-likeness (QED) is 0.815. The number of rotatable bonds is 2. The molecule has 0 N–H and O–H groups in total. The topological polar surface area (TPSA) is 73.4 Å². The van der Waals surface area contributed by atoms with Gasteiger partial charge in [-0.1, -0.05) is 11.6 Å². The highest BCUT2D eigenvalue weighted by Crippen LogP contribution is 2.15. The smallest absolute Gasteiger partial charge is 0.278 e. The van der Waals surface area contributed by atoms with Crippen LogP contribution in [0.15, 0.2) is 45.1 Å². The Bertz CT molecular complexity index is 914. The minimum absolute atomic E-state index is 0.172. The summed E-state index contributed by atoms with van der Waals surface area (Å²) in [6.07, 6.45) is 0.606. The molecule has 0 saturated carbocycles. The maximum atomic E-state index is 13.8. The fourth-order valence-electron chi connectivity index (χ4n) is 1.76. The number of hydrogen-bond acceptors (Lipinski definition) is 4. The lowest BCUT2D eigenvalue weighted by atomic mass is 10.4. The fraction of sp³-hybridized carbons (Fsp3) is 0.167. The molecule has 0 aliphatic rings. The Labute approximate surface area is 124 Å². The van der Waals surface area contributed by atoms with Crippen LogP contribution in [0.1, 0.15) is 0 Å². The largest absolute Gasteiger partial charge is 0.343 e. The van der Waals surface area contributed by atoms with Crippen LogP contribution >= 0.6 is 11.6 Å². The van der Waals surface area contributed by atoms with Gasteiger partial charge < -0.3 is 0 Å². The second kappa shape index (κ2) is 5.45. The zero-order valence-corrected chi connectivity index (χ0v) is 12.7. The Kier molecular flexibility index (Phi) is 4.02. The molecule has 0 aliphatic carbocycles. The molecule has 0 bridgehead atoms. The summed E-state index contributed by atoms with van der Waals surface area (Å²) in [5.41, 5.74) is -1.16. The standard InChI is InChI=1S/C12H11ClFN3O3S/c1-15-11-10(14)7-17(12(18)16(11)2)21(19,20)9-5-3-8(13)4-6-9/h3-7H,1-2H3/b15-11+. The normalized spacial score (nSPS) is 12.7. The van der Waals surface area contributed by atoms with Gasteiger partial charge in [0.1, 0.15) is 0 Å². The molecule has 0 atom stereocenters. The Morgan fingerprint density at radius 2 is 1.81 bits per heavy atom. The molecule has 0 saturated heterocycles. The molecule has 1 aromatic heterocycles. The van der Waals surface area contributed by atoms with E-state index < -0.39 is 21.5 Å². The lowest BCUT2D eigenvalue weighted by Crippen LogP contribution is -2.42. The molecule has 9 heteroatoms. The summed E-state index contributed by atoms with van der Waals surface area (Å²) in [5, 5.41) is 0.346. The maximum Gasteiger partial charge on any atom is 0.343 e. The molecule has 0 unspecified atom stereocenters. The molecule has 0 amide bonds. The van der Waals surface area contributed by atoms with E-state index in [4.69, 9.17) is 11.6 Å². The average molecular weight is 332 g/mol. The molecule has 2 rings (SSSR count). The van der Waals surface area contributed by atoms with Crippen molar-refractivity contribution in [3.63, 3.8) is 0 Å². The van der Waals surface area contributed by atoms with E-state index in [1.54, 1.807) is 0 Å². The van der Waals surface area contributed by atoms with Gasteiger partial charge in [-0.05, 0) is 24.3 Å². The molecule has 0 aliphatic heterocycles. The maximum absolute atomic E-state index is 13.8. The van der Waals surface area contributed by atoms with Crippen LogP contribution in [0.5, 0.6) is 0 Å². The van der Waals surface area contributed by atoms with Crippen LogP contribution in [0, 0.1) is 5.82 Å². The minimum atomic E-state index is -4.21. The molecule has 6 nitrogen and oxygen atoms in total. The van der Waals surface area contributed by atoms with Gasteiger partial charge in [0.2, 0.25) is 0 Å². The predicted molar refractivity (Wildman–Crippen MR) is 75.2 cm³/mol. The Morgan fingerprint density at radius 3 is 2.33 bits per heavy atom. The van der Waals surface area contributed by atoms with E-state index in [1.165, 1.54) is 38.4 Å². The third-order valence-electron chi connectivity index (χ3n) is 2.82. The Morgan fingerprint density at radius 1 is 1.24 bits per heavy atom. The van der Waals surface area contributed by atoms with Crippen LogP contribution in [0.2, 0.25) is 5.02 Å². The predicted octanol–water partition coefficient (Wildman–Crippen LogP) is 0.747. The molecule has 21 heavy (non-hydrogen) atoms. The van der Waals surface area contributed by atoms with Crippen LogP contribution in [-0.2, 0) is 17.1 Å². The molecular formula is C12H11ClFN3O3S. The number of aromatic nitrogens is 2. The van der Waals surface area contributed by atoms with Crippen molar-refractivity contribution in [2.75, 3.05) is 7.05 Å². The van der Waals surface area contributed by atoms with E-state index in [0.717, 1.165) is 4.57 Å². The van der Waals surface area contributed by atoms with Crippen LogP contribution < -0.4 is 11.2 Å². The SMILES string of the molecule is C/N=c1\c(F)cn(S(=O)(=O)c2ccc(Cl)cc2)c(=O)n1C.